The highest BCUT2D eigenvalue weighted by Crippen LogP contribution is 2.40. The van der Waals surface area contributed by atoms with Gasteiger partial charge in [-0.2, -0.15) is 13.2 Å². The molecular formula is C14H10ClF4NO. The van der Waals surface area contributed by atoms with Crippen molar-refractivity contribution in [2.75, 3.05) is 12.8 Å². The number of anilines is 1. The molecule has 0 aliphatic carbocycles. The smallest absolute Gasteiger partial charge is 0.418 e. The van der Waals surface area contributed by atoms with Crippen LogP contribution in [-0.4, -0.2) is 7.11 Å². The second-order valence-electron chi connectivity index (χ2n) is 4.26. The van der Waals surface area contributed by atoms with E-state index in [-0.39, 0.29) is 16.1 Å². The number of halogens is 5. The number of benzene rings is 2. The Hall–Kier alpha value is -1.95. The number of nitrogen functional groups attached to an aromatic ring is 1. The minimum atomic E-state index is -4.68. The molecule has 0 atom stereocenters. The van der Waals surface area contributed by atoms with Crippen LogP contribution in [0.4, 0.5) is 23.2 Å². The monoisotopic (exact) mass is 319 g/mol. The zero-order valence-corrected chi connectivity index (χ0v) is 11.5. The molecule has 0 heterocycles. The lowest BCUT2D eigenvalue weighted by Crippen LogP contribution is -2.09. The van der Waals surface area contributed by atoms with E-state index in [1.165, 1.54) is 25.3 Å². The molecular weight excluding hydrogens is 310 g/mol. The molecule has 2 rings (SSSR count). The topological polar surface area (TPSA) is 35.2 Å². The number of nitrogens with two attached hydrogens (primary N) is 1. The summed E-state index contributed by atoms with van der Waals surface area (Å²) in [5.74, 6) is -0.377. The molecule has 0 spiro atoms. The average molecular weight is 320 g/mol. The van der Waals surface area contributed by atoms with E-state index in [0.29, 0.717) is 5.75 Å². The summed E-state index contributed by atoms with van der Waals surface area (Å²) in [6.45, 7) is 0. The van der Waals surface area contributed by atoms with Crippen molar-refractivity contribution in [2.45, 2.75) is 6.18 Å². The Morgan fingerprint density at radius 2 is 1.81 bits per heavy atom. The second-order valence-corrected chi connectivity index (χ2v) is 4.67. The van der Waals surface area contributed by atoms with Crippen molar-refractivity contribution >= 4 is 17.3 Å². The van der Waals surface area contributed by atoms with Crippen molar-refractivity contribution in [2.24, 2.45) is 0 Å². The molecule has 0 fully saturated rings. The van der Waals surface area contributed by atoms with E-state index in [2.05, 4.69) is 0 Å². The van der Waals surface area contributed by atoms with E-state index in [0.717, 1.165) is 12.1 Å². The van der Waals surface area contributed by atoms with Gasteiger partial charge in [0.05, 0.1) is 23.4 Å². The SMILES string of the molecule is COc1ccc(F)c(-c2cc(Cl)c(N)c(C(F)(F)F)c2)c1. The highest BCUT2D eigenvalue weighted by atomic mass is 35.5. The molecule has 2 N–H and O–H groups in total. The fourth-order valence-electron chi connectivity index (χ4n) is 1.86. The third-order valence-electron chi connectivity index (χ3n) is 2.92. The molecule has 7 heteroatoms. The standard InChI is InChI=1S/C14H10ClF4NO/c1-21-8-2-3-12(16)9(6-8)7-4-10(14(17,18)19)13(20)11(15)5-7/h2-6H,20H2,1H3. The molecule has 112 valence electrons. The average Bonchev–Trinajstić information content (AvgIpc) is 2.41. The first kappa shape index (κ1) is 15.4. The molecule has 2 aromatic carbocycles. The van der Waals surface area contributed by atoms with Crippen LogP contribution in [0.5, 0.6) is 5.75 Å². The first-order valence-electron chi connectivity index (χ1n) is 5.74. The van der Waals surface area contributed by atoms with Crippen molar-refractivity contribution < 1.29 is 22.3 Å². The maximum absolute atomic E-state index is 13.8. The van der Waals surface area contributed by atoms with E-state index in [4.69, 9.17) is 22.1 Å². The molecule has 2 nitrogen and oxygen atoms in total. The molecule has 0 aliphatic heterocycles. The molecule has 0 radical (unpaired) electrons. The zero-order chi connectivity index (χ0) is 15.8. The summed E-state index contributed by atoms with van der Waals surface area (Å²) in [4.78, 5) is 0. The Kier molecular flexibility index (Phi) is 4.00. The minimum Gasteiger partial charge on any atom is -0.497 e. The summed E-state index contributed by atoms with van der Waals surface area (Å²) in [5.41, 5.74) is 3.56. The number of alkyl halides is 3. The van der Waals surface area contributed by atoms with Crippen molar-refractivity contribution in [3.05, 3.63) is 46.7 Å². The highest BCUT2D eigenvalue weighted by Gasteiger charge is 2.34. The second kappa shape index (κ2) is 5.44. The lowest BCUT2D eigenvalue weighted by atomic mass is 10.0. The van der Waals surface area contributed by atoms with Gasteiger partial charge in [-0.3, -0.25) is 0 Å². The van der Waals surface area contributed by atoms with E-state index in [9.17, 15) is 17.6 Å². The third-order valence-corrected chi connectivity index (χ3v) is 3.23. The van der Waals surface area contributed by atoms with Crippen molar-refractivity contribution in [1.29, 1.82) is 0 Å². The van der Waals surface area contributed by atoms with Crippen LogP contribution >= 0.6 is 11.6 Å². The Bertz CT molecular complexity index is 685. The lowest BCUT2D eigenvalue weighted by Gasteiger charge is -2.14. The number of rotatable bonds is 2. The fourth-order valence-corrected chi connectivity index (χ4v) is 2.08. The van der Waals surface area contributed by atoms with Crippen LogP contribution in [-0.2, 0) is 6.18 Å². The van der Waals surface area contributed by atoms with Gasteiger partial charge < -0.3 is 10.5 Å². The maximum Gasteiger partial charge on any atom is 0.418 e. The molecule has 2 aromatic rings. The highest BCUT2D eigenvalue weighted by molar-refractivity contribution is 6.33. The van der Waals surface area contributed by atoms with Crippen LogP contribution in [0.3, 0.4) is 0 Å². The predicted octanol–water partition coefficient (Wildman–Crippen LogP) is 4.76. The Morgan fingerprint density at radius 3 is 2.38 bits per heavy atom. The maximum atomic E-state index is 13.8. The summed E-state index contributed by atoms with van der Waals surface area (Å²) in [6, 6.07) is 5.70. The Morgan fingerprint density at radius 1 is 1.14 bits per heavy atom. The first-order chi connectivity index (χ1) is 9.74. The number of hydrogen-bond donors (Lipinski definition) is 1. The summed E-state index contributed by atoms with van der Waals surface area (Å²) >= 11 is 5.72. The van der Waals surface area contributed by atoms with Crippen molar-refractivity contribution in [1.82, 2.24) is 0 Å². The molecule has 0 amide bonds. The van der Waals surface area contributed by atoms with Crippen LogP contribution in [0, 0.1) is 5.82 Å². The normalized spacial score (nSPS) is 11.5. The van der Waals surface area contributed by atoms with Crippen LogP contribution in [0.25, 0.3) is 11.1 Å². The summed E-state index contributed by atoms with van der Waals surface area (Å²) < 4.78 is 57.5. The summed E-state index contributed by atoms with van der Waals surface area (Å²) in [6.07, 6.45) is -4.68. The van der Waals surface area contributed by atoms with Gasteiger partial charge >= 0.3 is 6.18 Å². The van der Waals surface area contributed by atoms with Gasteiger partial charge in [-0.05, 0) is 35.9 Å². The van der Waals surface area contributed by atoms with E-state index >= 15 is 0 Å². The van der Waals surface area contributed by atoms with Gasteiger partial charge in [-0.25, -0.2) is 4.39 Å². The van der Waals surface area contributed by atoms with Crippen molar-refractivity contribution in [3.63, 3.8) is 0 Å². The van der Waals surface area contributed by atoms with E-state index < -0.39 is 23.2 Å². The summed E-state index contributed by atoms with van der Waals surface area (Å²) in [7, 11) is 1.37. The van der Waals surface area contributed by atoms with Gasteiger partial charge in [0, 0.05) is 5.56 Å². The number of methoxy groups -OCH3 is 1. The predicted molar refractivity (Wildman–Crippen MR) is 72.8 cm³/mol. The van der Waals surface area contributed by atoms with Gasteiger partial charge in [0.2, 0.25) is 0 Å². The largest absolute Gasteiger partial charge is 0.497 e. The van der Waals surface area contributed by atoms with Gasteiger partial charge in [0.25, 0.3) is 0 Å². The van der Waals surface area contributed by atoms with Gasteiger partial charge in [0.15, 0.2) is 0 Å². The zero-order valence-electron chi connectivity index (χ0n) is 10.8. The molecule has 0 bridgehead atoms. The Labute approximate surface area is 123 Å². The van der Waals surface area contributed by atoms with E-state index in [1.54, 1.807) is 0 Å². The number of hydrogen-bond acceptors (Lipinski definition) is 2. The van der Waals surface area contributed by atoms with Gasteiger partial charge in [0.1, 0.15) is 11.6 Å². The van der Waals surface area contributed by atoms with Crippen LogP contribution < -0.4 is 10.5 Å². The molecule has 21 heavy (non-hydrogen) atoms. The molecule has 0 saturated heterocycles. The first-order valence-corrected chi connectivity index (χ1v) is 6.12. The third kappa shape index (κ3) is 3.05. The van der Waals surface area contributed by atoms with Gasteiger partial charge in [-0.15, -0.1) is 0 Å². The lowest BCUT2D eigenvalue weighted by molar-refractivity contribution is -0.136. The van der Waals surface area contributed by atoms with E-state index in [1.807, 2.05) is 0 Å². The molecule has 0 aliphatic rings. The molecule has 0 aromatic heterocycles. The number of ether oxygens (including phenoxy) is 1. The van der Waals surface area contributed by atoms with Crippen LogP contribution in [0.15, 0.2) is 30.3 Å². The van der Waals surface area contributed by atoms with Crippen LogP contribution in [0.2, 0.25) is 5.02 Å². The van der Waals surface area contributed by atoms with Crippen molar-refractivity contribution in [3.8, 4) is 16.9 Å². The Balaban J connectivity index is 2.68. The summed E-state index contributed by atoms with van der Waals surface area (Å²) in [5, 5.41) is -0.290. The quantitative estimate of drug-likeness (QED) is 0.640. The van der Waals surface area contributed by atoms with Crippen LogP contribution in [0.1, 0.15) is 5.56 Å². The molecule has 0 saturated carbocycles. The minimum absolute atomic E-state index is 0.0297. The fraction of sp³-hybridized carbons (Fsp3) is 0.143. The molecule has 0 unspecified atom stereocenters. The van der Waals surface area contributed by atoms with Gasteiger partial charge in [-0.1, -0.05) is 11.6 Å².